The van der Waals surface area contributed by atoms with E-state index in [0.29, 0.717) is 25.1 Å². The maximum atomic E-state index is 12.8. The summed E-state index contributed by atoms with van der Waals surface area (Å²) in [7, 11) is 0. The van der Waals surface area contributed by atoms with Crippen molar-refractivity contribution in [1.82, 2.24) is 15.3 Å². The highest BCUT2D eigenvalue weighted by molar-refractivity contribution is 6.33. The van der Waals surface area contributed by atoms with Crippen LogP contribution in [0.3, 0.4) is 0 Å². The molecule has 0 bridgehead atoms. The molecule has 3 rings (SSSR count). The highest BCUT2D eigenvalue weighted by atomic mass is 35.5. The highest BCUT2D eigenvalue weighted by Gasteiger charge is 2.33. The highest BCUT2D eigenvalue weighted by Crippen LogP contribution is 2.34. The van der Waals surface area contributed by atoms with Crippen molar-refractivity contribution in [3.8, 4) is 0 Å². The molecule has 1 aliphatic heterocycles. The van der Waals surface area contributed by atoms with Gasteiger partial charge in [0.25, 0.3) is 5.91 Å². The molecule has 1 aliphatic rings. The summed E-state index contributed by atoms with van der Waals surface area (Å²) in [6, 6.07) is 3.58. The zero-order valence-electron chi connectivity index (χ0n) is 15.3. The van der Waals surface area contributed by atoms with Crippen molar-refractivity contribution in [2.75, 3.05) is 23.3 Å². The van der Waals surface area contributed by atoms with Crippen LogP contribution in [0.15, 0.2) is 30.6 Å². The normalized spacial score (nSPS) is 16.6. The van der Waals surface area contributed by atoms with Gasteiger partial charge in [0.2, 0.25) is 5.91 Å². The van der Waals surface area contributed by atoms with Crippen molar-refractivity contribution in [3.05, 3.63) is 46.7 Å². The number of aromatic nitrogens is 2. The second-order valence-electron chi connectivity index (χ2n) is 6.54. The van der Waals surface area contributed by atoms with E-state index in [1.807, 2.05) is 0 Å². The SMILES string of the molecule is CC(=O)Nc1cc(C(=O)N[C@@H]2CCN(c3ncc(C(F)(F)F)cc3Cl)C2)ccn1. The van der Waals surface area contributed by atoms with Crippen molar-refractivity contribution in [2.45, 2.75) is 25.6 Å². The number of amides is 2. The smallest absolute Gasteiger partial charge is 0.353 e. The Morgan fingerprint density at radius 1 is 1.28 bits per heavy atom. The Labute approximate surface area is 169 Å². The summed E-state index contributed by atoms with van der Waals surface area (Å²) >= 11 is 5.99. The molecule has 1 saturated heterocycles. The number of rotatable bonds is 4. The minimum atomic E-state index is -4.52. The van der Waals surface area contributed by atoms with Crippen LogP contribution in [0.25, 0.3) is 0 Å². The summed E-state index contributed by atoms with van der Waals surface area (Å²) in [6.07, 6.45) is -1.79. The van der Waals surface area contributed by atoms with Crippen LogP contribution in [-0.2, 0) is 11.0 Å². The first-order valence-electron chi connectivity index (χ1n) is 8.65. The van der Waals surface area contributed by atoms with Crippen LogP contribution in [0, 0.1) is 0 Å². The lowest BCUT2D eigenvalue weighted by Gasteiger charge is -2.20. The Morgan fingerprint density at radius 3 is 2.69 bits per heavy atom. The number of nitrogens with zero attached hydrogens (tertiary/aromatic N) is 3. The van der Waals surface area contributed by atoms with Gasteiger partial charge in [-0.05, 0) is 24.6 Å². The van der Waals surface area contributed by atoms with E-state index < -0.39 is 11.7 Å². The second-order valence-corrected chi connectivity index (χ2v) is 6.95. The number of alkyl halides is 3. The molecule has 154 valence electrons. The molecule has 0 unspecified atom stereocenters. The van der Waals surface area contributed by atoms with E-state index in [0.717, 1.165) is 12.3 Å². The number of halogens is 4. The minimum Gasteiger partial charge on any atom is -0.353 e. The van der Waals surface area contributed by atoms with E-state index in [-0.39, 0.29) is 34.5 Å². The first-order chi connectivity index (χ1) is 13.6. The first kappa shape index (κ1) is 20.8. The molecule has 3 heterocycles. The average molecular weight is 428 g/mol. The van der Waals surface area contributed by atoms with Crippen LogP contribution >= 0.6 is 11.6 Å². The Bertz CT molecular complexity index is 938. The van der Waals surface area contributed by atoms with Gasteiger partial charge in [0.15, 0.2) is 0 Å². The molecule has 2 aromatic heterocycles. The third kappa shape index (κ3) is 5.14. The number of carbonyl (C=O) groups excluding carboxylic acids is 2. The van der Waals surface area contributed by atoms with Gasteiger partial charge in [-0.25, -0.2) is 9.97 Å². The van der Waals surface area contributed by atoms with Crippen LogP contribution in [0.1, 0.15) is 29.3 Å². The van der Waals surface area contributed by atoms with E-state index in [2.05, 4.69) is 20.6 Å². The molecule has 2 aromatic rings. The summed E-state index contributed by atoms with van der Waals surface area (Å²) < 4.78 is 38.3. The predicted octanol–water partition coefficient (Wildman–Crippen LogP) is 3.12. The molecule has 1 fully saturated rings. The van der Waals surface area contributed by atoms with Crippen molar-refractivity contribution in [1.29, 1.82) is 0 Å². The largest absolute Gasteiger partial charge is 0.417 e. The molecule has 2 N–H and O–H groups in total. The maximum absolute atomic E-state index is 12.8. The van der Waals surface area contributed by atoms with Gasteiger partial charge in [0, 0.05) is 44.0 Å². The third-order valence-electron chi connectivity index (χ3n) is 4.30. The lowest BCUT2D eigenvalue weighted by Crippen LogP contribution is -2.37. The van der Waals surface area contributed by atoms with Crippen LogP contribution in [0.2, 0.25) is 5.02 Å². The van der Waals surface area contributed by atoms with E-state index in [4.69, 9.17) is 11.6 Å². The summed E-state index contributed by atoms with van der Waals surface area (Å²) in [6.45, 7) is 2.17. The van der Waals surface area contributed by atoms with Crippen LogP contribution in [0.5, 0.6) is 0 Å². The number of pyridine rings is 2. The number of nitrogens with one attached hydrogen (secondary N) is 2. The molecule has 7 nitrogen and oxygen atoms in total. The van der Waals surface area contributed by atoms with Crippen molar-refractivity contribution in [2.24, 2.45) is 0 Å². The summed E-state index contributed by atoms with van der Waals surface area (Å²) in [5.74, 6) is -0.146. The molecular formula is C18H17ClF3N5O2. The summed E-state index contributed by atoms with van der Waals surface area (Å²) in [4.78, 5) is 33.1. The number of hydrogen-bond acceptors (Lipinski definition) is 5. The van der Waals surface area contributed by atoms with Gasteiger partial charge in [-0.15, -0.1) is 0 Å². The predicted molar refractivity (Wildman–Crippen MR) is 101 cm³/mol. The fourth-order valence-electron chi connectivity index (χ4n) is 2.98. The minimum absolute atomic E-state index is 0.0964. The molecule has 11 heteroatoms. The van der Waals surface area contributed by atoms with Gasteiger partial charge >= 0.3 is 6.18 Å². The van der Waals surface area contributed by atoms with Crippen molar-refractivity contribution < 1.29 is 22.8 Å². The van der Waals surface area contributed by atoms with E-state index in [1.54, 1.807) is 4.90 Å². The lowest BCUT2D eigenvalue weighted by atomic mass is 10.2. The van der Waals surface area contributed by atoms with Crippen LogP contribution in [-0.4, -0.2) is 40.9 Å². The lowest BCUT2D eigenvalue weighted by molar-refractivity contribution is -0.137. The van der Waals surface area contributed by atoms with Crippen LogP contribution in [0.4, 0.5) is 24.8 Å². The average Bonchev–Trinajstić information content (AvgIpc) is 3.08. The Kier molecular flexibility index (Phi) is 5.92. The molecule has 0 aliphatic carbocycles. The van der Waals surface area contributed by atoms with Crippen molar-refractivity contribution >= 4 is 35.1 Å². The molecule has 29 heavy (non-hydrogen) atoms. The number of carbonyl (C=O) groups is 2. The van der Waals surface area contributed by atoms with Gasteiger partial charge in [-0.3, -0.25) is 9.59 Å². The summed E-state index contributed by atoms with van der Waals surface area (Å²) in [5.41, 5.74) is -0.587. The first-order valence-corrected chi connectivity index (χ1v) is 9.03. The van der Waals surface area contributed by atoms with Gasteiger partial charge in [-0.1, -0.05) is 11.6 Å². The fourth-order valence-corrected chi connectivity index (χ4v) is 3.26. The topological polar surface area (TPSA) is 87.2 Å². The third-order valence-corrected chi connectivity index (χ3v) is 4.58. The number of anilines is 2. The fraction of sp³-hybridized carbons (Fsp3) is 0.333. The van der Waals surface area contributed by atoms with E-state index in [9.17, 15) is 22.8 Å². The van der Waals surface area contributed by atoms with Crippen molar-refractivity contribution in [3.63, 3.8) is 0 Å². The van der Waals surface area contributed by atoms with Gasteiger partial charge in [0.1, 0.15) is 11.6 Å². The monoisotopic (exact) mass is 427 g/mol. The molecule has 0 spiro atoms. The maximum Gasteiger partial charge on any atom is 0.417 e. The number of hydrogen-bond donors (Lipinski definition) is 2. The molecule has 1 atom stereocenters. The Hall–Kier alpha value is -2.88. The van der Waals surface area contributed by atoms with E-state index in [1.165, 1.54) is 25.3 Å². The molecule has 2 amide bonds. The zero-order chi connectivity index (χ0) is 21.2. The second kappa shape index (κ2) is 8.24. The van der Waals surface area contributed by atoms with Gasteiger partial charge in [0.05, 0.1) is 10.6 Å². The molecule has 0 saturated carbocycles. The molecular weight excluding hydrogens is 411 g/mol. The molecule has 0 radical (unpaired) electrons. The van der Waals surface area contributed by atoms with Gasteiger partial charge < -0.3 is 15.5 Å². The standard InChI is InChI=1S/C18H17ClF3N5O2/c1-10(28)25-15-6-11(2-4-23-15)17(29)26-13-3-5-27(9-13)16-14(19)7-12(8-24-16)18(20,21)22/h2,4,6-8,13H,3,5,9H2,1H3,(H,26,29)(H,23,25,28)/t13-/m1/s1. The zero-order valence-corrected chi connectivity index (χ0v) is 16.0. The Morgan fingerprint density at radius 2 is 2.03 bits per heavy atom. The Balaban J connectivity index is 1.64. The quantitative estimate of drug-likeness (QED) is 0.783. The summed E-state index contributed by atoms with van der Waals surface area (Å²) in [5, 5.41) is 5.26. The molecule has 0 aromatic carbocycles. The van der Waals surface area contributed by atoms with Gasteiger partial charge in [-0.2, -0.15) is 13.2 Å². The van der Waals surface area contributed by atoms with E-state index >= 15 is 0 Å². The van der Waals surface area contributed by atoms with Crippen LogP contribution < -0.4 is 15.5 Å².